The fourth-order valence-corrected chi connectivity index (χ4v) is 1.98. The second kappa shape index (κ2) is 4.15. The molecule has 1 aliphatic heterocycles. The maximum Gasteiger partial charge on any atom is 0.249 e. The summed E-state index contributed by atoms with van der Waals surface area (Å²) >= 11 is 0. The van der Waals surface area contributed by atoms with Gasteiger partial charge in [0.05, 0.1) is 6.61 Å². The van der Waals surface area contributed by atoms with Crippen molar-refractivity contribution < 1.29 is 9.26 Å². The third-order valence-corrected chi connectivity index (χ3v) is 3.18. The highest BCUT2D eigenvalue weighted by Gasteiger charge is 2.38. The highest BCUT2D eigenvalue weighted by atomic mass is 16.5. The molecule has 1 fully saturated rings. The minimum Gasteiger partial charge on any atom is -0.379 e. The van der Waals surface area contributed by atoms with Crippen LogP contribution in [0.2, 0.25) is 0 Å². The summed E-state index contributed by atoms with van der Waals surface area (Å²) in [5.74, 6) is 0.950. The molecular weight excluding hydrogens is 232 g/mol. The van der Waals surface area contributed by atoms with Crippen molar-refractivity contribution >= 4 is 0 Å². The molecule has 1 saturated heterocycles. The van der Waals surface area contributed by atoms with E-state index < -0.39 is 5.54 Å². The Bertz CT molecular complexity index is 561. The van der Waals surface area contributed by atoms with Gasteiger partial charge in [0.25, 0.3) is 0 Å². The monoisotopic (exact) mass is 246 g/mol. The molecule has 0 amide bonds. The minimum atomic E-state index is -0.651. The number of ether oxygens (including phenoxy) is 1. The van der Waals surface area contributed by atoms with Gasteiger partial charge in [-0.1, -0.05) is 5.16 Å². The zero-order valence-corrected chi connectivity index (χ0v) is 10.1. The summed E-state index contributed by atoms with van der Waals surface area (Å²) in [5.41, 5.74) is 7.43. The molecule has 1 atom stereocenters. The van der Waals surface area contributed by atoms with Crippen molar-refractivity contribution in [2.24, 2.45) is 5.73 Å². The topological polar surface area (TPSA) is 87.1 Å². The summed E-state index contributed by atoms with van der Waals surface area (Å²) in [6.45, 7) is 3.02. The predicted molar refractivity (Wildman–Crippen MR) is 63.6 cm³/mol. The van der Waals surface area contributed by atoms with Crippen LogP contribution in [0.5, 0.6) is 0 Å². The summed E-state index contributed by atoms with van der Waals surface area (Å²) in [6, 6.07) is 1.91. The van der Waals surface area contributed by atoms with Crippen molar-refractivity contribution in [3.8, 4) is 11.4 Å². The third kappa shape index (κ3) is 1.79. The summed E-state index contributed by atoms with van der Waals surface area (Å²) in [4.78, 5) is 8.44. The quantitative estimate of drug-likeness (QED) is 0.851. The number of aryl methyl sites for hydroxylation is 1. The van der Waals surface area contributed by atoms with Gasteiger partial charge in [-0.15, -0.1) is 0 Å². The van der Waals surface area contributed by atoms with Gasteiger partial charge < -0.3 is 15.0 Å². The van der Waals surface area contributed by atoms with Crippen molar-refractivity contribution in [1.82, 2.24) is 15.1 Å². The van der Waals surface area contributed by atoms with Gasteiger partial charge in [0.15, 0.2) is 0 Å². The molecule has 2 aromatic rings. The Hall–Kier alpha value is -1.79. The second-order valence-electron chi connectivity index (χ2n) is 4.57. The minimum absolute atomic E-state index is 0.417. The van der Waals surface area contributed by atoms with Crippen LogP contribution in [-0.2, 0) is 10.3 Å². The highest BCUT2D eigenvalue weighted by molar-refractivity contribution is 5.57. The van der Waals surface area contributed by atoms with Crippen LogP contribution in [-0.4, -0.2) is 28.3 Å². The number of nitrogens with zero attached hydrogens (tertiary/aromatic N) is 3. The Kier molecular flexibility index (Phi) is 2.61. The average Bonchev–Trinajstić information content (AvgIpc) is 2.99. The van der Waals surface area contributed by atoms with Gasteiger partial charge in [-0.05, 0) is 25.0 Å². The van der Waals surface area contributed by atoms with Crippen LogP contribution < -0.4 is 5.73 Å². The number of aromatic nitrogens is 3. The van der Waals surface area contributed by atoms with Crippen LogP contribution >= 0.6 is 0 Å². The van der Waals surface area contributed by atoms with Crippen molar-refractivity contribution in [2.45, 2.75) is 18.9 Å². The molecule has 0 spiro atoms. The summed E-state index contributed by atoms with van der Waals surface area (Å²) in [6.07, 6.45) is 4.15. The van der Waals surface area contributed by atoms with E-state index in [1.54, 1.807) is 12.4 Å². The van der Waals surface area contributed by atoms with Gasteiger partial charge >= 0.3 is 0 Å². The van der Waals surface area contributed by atoms with Gasteiger partial charge in [0, 0.05) is 24.6 Å². The standard InChI is InChI=1S/C12H14N4O2/c1-8-2-4-14-6-9(8)10-15-11(18-16-10)12(13)3-5-17-7-12/h2,4,6H,3,5,7,13H2,1H3. The molecule has 1 aliphatic rings. The molecule has 2 N–H and O–H groups in total. The van der Waals surface area contributed by atoms with Crippen LogP contribution in [0.25, 0.3) is 11.4 Å². The van der Waals surface area contributed by atoms with E-state index in [4.69, 9.17) is 15.0 Å². The maximum absolute atomic E-state index is 6.17. The molecule has 1 unspecified atom stereocenters. The molecule has 18 heavy (non-hydrogen) atoms. The Labute approximate surface area is 104 Å². The molecule has 6 heteroatoms. The molecule has 6 nitrogen and oxygen atoms in total. The fraction of sp³-hybridized carbons (Fsp3) is 0.417. The first-order valence-electron chi connectivity index (χ1n) is 5.81. The number of hydrogen-bond acceptors (Lipinski definition) is 6. The van der Waals surface area contributed by atoms with Crippen LogP contribution in [0.1, 0.15) is 17.9 Å². The molecule has 3 rings (SSSR count). The van der Waals surface area contributed by atoms with Crippen LogP contribution in [0.4, 0.5) is 0 Å². The lowest BCUT2D eigenvalue weighted by Crippen LogP contribution is -2.37. The molecule has 0 radical (unpaired) electrons. The van der Waals surface area contributed by atoms with E-state index in [1.165, 1.54) is 0 Å². The Morgan fingerprint density at radius 1 is 1.44 bits per heavy atom. The van der Waals surface area contributed by atoms with E-state index in [9.17, 15) is 0 Å². The van der Waals surface area contributed by atoms with E-state index in [0.29, 0.717) is 31.3 Å². The summed E-state index contributed by atoms with van der Waals surface area (Å²) < 4.78 is 10.6. The van der Waals surface area contributed by atoms with Crippen LogP contribution in [0.3, 0.4) is 0 Å². The first kappa shape index (κ1) is 11.3. The van der Waals surface area contributed by atoms with Gasteiger partial charge in [-0.25, -0.2) is 0 Å². The SMILES string of the molecule is Cc1ccncc1-c1noc(C2(N)CCOC2)n1. The lowest BCUT2D eigenvalue weighted by atomic mass is 10.0. The van der Waals surface area contributed by atoms with Crippen LogP contribution in [0.15, 0.2) is 23.0 Å². The second-order valence-corrected chi connectivity index (χ2v) is 4.57. The van der Waals surface area contributed by atoms with E-state index in [1.807, 2.05) is 13.0 Å². The zero-order chi connectivity index (χ0) is 12.6. The summed E-state index contributed by atoms with van der Waals surface area (Å²) in [5, 5.41) is 3.98. The van der Waals surface area contributed by atoms with Crippen molar-refractivity contribution in [3.05, 3.63) is 29.9 Å². The first-order chi connectivity index (χ1) is 8.69. The molecule has 0 bridgehead atoms. The lowest BCUT2D eigenvalue weighted by Gasteiger charge is -2.15. The Morgan fingerprint density at radius 2 is 2.33 bits per heavy atom. The van der Waals surface area contributed by atoms with Crippen molar-refractivity contribution in [3.63, 3.8) is 0 Å². The largest absolute Gasteiger partial charge is 0.379 e. The van der Waals surface area contributed by atoms with Gasteiger partial charge in [0.2, 0.25) is 11.7 Å². The van der Waals surface area contributed by atoms with E-state index >= 15 is 0 Å². The molecule has 3 heterocycles. The Morgan fingerprint density at radius 3 is 3.06 bits per heavy atom. The van der Waals surface area contributed by atoms with E-state index in [2.05, 4.69) is 15.1 Å². The van der Waals surface area contributed by atoms with Crippen molar-refractivity contribution in [2.75, 3.05) is 13.2 Å². The number of rotatable bonds is 2. The predicted octanol–water partition coefficient (Wildman–Crippen LogP) is 1.01. The van der Waals surface area contributed by atoms with Gasteiger partial charge in [-0.2, -0.15) is 4.98 Å². The van der Waals surface area contributed by atoms with E-state index in [0.717, 1.165) is 11.1 Å². The number of nitrogens with two attached hydrogens (primary N) is 1. The third-order valence-electron chi connectivity index (χ3n) is 3.18. The lowest BCUT2D eigenvalue weighted by molar-refractivity contribution is 0.166. The normalized spacial score (nSPS) is 23.4. The number of hydrogen-bond donors (Lipinski definition) is 1. The maximum atomic E-state index is 6.17. The van der Waals surface area contributed by atoms with Crippen LogP contribution in [0, 0.1) is 6.92 Å². The smallest absolute Gasteiger partial charge is 0.249 e. The number of pyridine rings is 1. The molecule has 0 aromatic carbocycles. The van der Waals surface area contributed by atoms with E-state index in [-0.39, 0.29) is 0 Å². The first-order valence-corrected chi connectivity index (χ1v) is 5.81. The van der Waals surface area contributed by atoms with Gasteiger partial charge in [-0.3, -0.25) is 4.98 Å². The highest BCUT2D eigenvalue weighted by Crippen LogP contribution is 2.28. The fourth-order valence-electron chi connectivity index (χ4n) is 1.98. The molecular formula is C12H14N4O2. The average molecular weight is 246 g/mol. The zero-order valence-electron chi connectivity index (χ0n) is 10.1. The molecule has 2 aromatic heterocycles. The molecule has 0 aliphatic carbocycles. The van der Waals surface area contributed by atoms with Crippen molar-refractivity contribution in [1.29, 1.82) is 0 Å². The van der Waals surface area contributed by atoms with Gasteiger partial charge in [0.1, 0.15) is 5.54 Å². The Balaban J connectivity index is 1.97. The molecule has 0 saturated carbocycles. The summed E-state index contributed by atoms with van der Waals surface area (Å²) in [7, 11) is 0. The molecule has 94 valence electrons.